The van der Waals surface area contributed by atoms with Crippen LogP contribution < -0.4 is 10.1 Å². The van der Waals surface area contributed by atoms with Crippen LogP contribution in [0.4, 0.5) is 14.5 Å². The molecule has 1 N–H and O–H groups in total. The molecule has 3 rings (SSSR count). The minimum Gasteiger partial charge on any atom is -0.435 e. The van der Waals surface area contributed by atoms with Crippen molar-refractivity contribution in [3.8, 4) is 5.75 Å². The molecule has 0 spiro atoms. The van der Waals surface area contributed by atoms with Crippen molar-refractivity contribution in [1.82, 2.24) is 4.31 Å². The molecule has 1 atom stereocenters. The lowest BCUT2D eigenvalue weighted by Crippen LogP contribution is -2.51. The van der Waals surface area contributed by atoms with E-state index in [2.05, 4.69) is 10.1 Å². The Morgan fingerprint density at radius 3 is 2.43 bits per heavy atom. The molecule has 150 valence electrons. The summed E-state index contributed by atoms with van der Waals surface area (Å²) in [6, 6.07) is 12.0. The molecule has 0 radical (unpaired) electrons. The number of nitrogens with zero attached hydrogens (tertiary/aromatic N) is 1. The first kappa shape index (κ1) is 20.2. The molecule has 6 nitrogen and oxygen atoms in total. The highest BCUT2D eigenvalue weighted by Crippen LogP contribution is 2.27. The number of hydrogen-bond donors (Lipinski definition) is 1. The van der Waals surface area contributed by atoms with Crippen LogP contribution >= 0.6 is 0 Å². The number of halogens is 2. The zero-order chi connectivity index (χ0) is 20.3. The van der Waals surface area contributed by atoms with E-state index in [1.165, 1.54) is 35.5 Å². The first-order valence-corrected chi connectivity index (χ1v) is 10.3. The Balaban J connectivity index is 1.82. The Labute approximate surface area is 162 Å². The Morgan fingerprint density at radius 2 is 1.82 bits per heavy atom. The van der Waals surface area contributed by atoms with Crippen molar-refractivity contribution in [3.05, 3.63) is 59.7 Å². The Hall–Kier alpha value is -2.52. The number of benzene rings is 2. The zero-order valence-corrected chi connectivity index (χ0v) is 16.0. The lowest BCUT2D eigenvalue weighted by Gasteiger charge is -2.34. The molecule has 2 aromatic carbocycles. The van der Waals surface area contributed by atoms with E-state index in [-0.39, 0.29) is 24.5 Å². The maximum atomic E-state index is 12.8. The molecular formula is C19H20F2N2O4S. The zero-order valence-electron chi connectivity index (χ0n) is 15.1. The van der Waals surface area contributed by atoms with Gasteiger partial charge in [0, 0.05) is 12.2 Å². The second kappa shape index (κ2) is 8.24. The predicted octanol–water partition coefficient (Wildman–Crippen LogP) is 3.00. The summed E-state index contributed by atoms with van der Waals surface area (Å²) < 4.78 is 55.0. The molecule has 1 aliphatic heterocycles. The third-order valence-electron chi connectivity index (χ3n) is 4.58. The number of rotatable bonds is 6. The van der Waals surface area contributed by atoms with E-state index in [0.29, 0.717) is 5.69 Å². The van der Waals surface area contributed by atoms with Gasteiger partial charge in [0.1, 0.15) is 11.8 Å². The molecular weight excluding hydrogens is 390 g/mol. The SMILES string of the molecule is CCS(=O)(=O)N1Cc2ccccc2C[C@@H]1C(=O)Nc1ccc(OC(F)F)cc1. The molecule has 28 heavy (non-hydrogen) atoms. The van der Waals surface area contributed by atoms with Gasteiger partial charge in [-0.1, -0.05) is 24.3 Å². The standard InChI is InChI=1S/C19H20F2N2O4S/c1-2-28(25,26)23-12-14-6-4-3-5-13(14)11-17(23)18(24)22-15-7-9-16(10-8-15)27-19(20)21/h3-10,17,19H,2,11-12H2,1H3,(H,22,24)/t17-/m1/s1. The lowest BCUT2D eigenvalue weighted by molar-refractivity contribution is -0.120. The summed E-state index contributed by atoms with van der Waals surface area (Å²) in [5.41, 5.74) is 2.15. The summed E-state index contributed by atoms with van der Waals surface area (Å²) in [6.07, 6.45) is 0.258. The van der Waals surface area contributed by atoms with Crippen LogP contribution in [0.25, 0.3) is 0 Å². The summed E-state index contributed by atoms with van der Waals surface area (Å²) in [7, 11) is -3.60. The predicted molar refractivity (Wildman–Crippen MR) is 101 cm³/mol. The van der Waals surface area contributed by atoms with Crippen LogP contribution in [0.2, 0.25) is 0 Å². The highest BCUT2D eigenvalue weighted by atomic mass is 32.2. The minimum absolute atomic E-state index is 0.0326. The van der Waals surface area contributed by atoms with Gasteiger partial charge in [0.2, 0.25) is 15.9 Å². The maximum Gasteiger partial charge on any atom is 0.387 e. The topological polar surface area (TPSA) is 75.7 Å². The van der Waals surface area contributed by atoms with Crippen molar-refractivity contribution in [2.75, 3.05) is 11.1 Å². The fourth-order valence-electron chi connectivity index (χ4n) is 3.13. The fraction of sp³-hybridized carbons (Fsp3) is 0.316. The van der Waals surface area contributed by atoms with Crippen molar-refractivity contribution in [2.45, 2.75) is 32.5 Å². The molecule has 0 bridgehead atoms. The van der Waals surface area contributed by atoms with Gasteiger partial charge in [0.25, 0.3) is 0 Å². The fourth-order valence-corrected chi connectivity index (χ4v) is 4.35. The summed E-state index contributed by atoms with van der Waals surface area (Å²) in [6.45, 7) is -1.27. The first-order valence-electron chi connectivity index (χ1n) is 8.72. The molecule has 1 amide bonds. The van der Waals surface area contributed by atoms with E-state index in [9.17, 15) is 22.0 Å². The number of fused-ring (bicyclic) bond motifs is 1. The molecule has 0 fully saturated rings. The van der Waals surface area contributed by atoms with Gasteiger partial charge in [-0.2, -0.15) is 13.1 Å². The number of carbonyl (C=O) groups is 1. The van der Waals surface area contributed by atoms with Crippen molar-refractivity contribution in [1.29, 1.82) is 0 Å². The van der Waals surface area contributed by atoms with Crippen molar-refractivity contribution >= 4 is 21.6 Å². The van der Waals surface area contributed by atoms with Crippen molar-refractivity contribution in [3.63, 3.8) is 0 Å². The molecule has 0 saturated heterocycles. The number of alkyl halides is 2. The quantitative estimate of drug-likeness (QED) is 0.794. The third-order valence-corrected chi connectivity index (χ3v) is 6.41. The third kappa shape index (κ3) is 4.48. The van der Waals surface area contributed by atoms with E-state index in [0.717, 1.165) is 11.1 Å². The van der Waals surface area contributed by atoms with E-state index in [4.69, 9.17) is 0 Å². The Bertz CT molecular complexity index is 949. The Kier molecular flexibility index (Phi) is 5.95. The van der Waals surface area contributed by atoms with Gasteiger partial charge in [0.15, 0.2) is 0 Å². The normalized spacial score (nSPS) is 17.2. The van der Waals surface area contributed by atoms with Crippen molar-refractivity contribution in [2.24, 2.45) is 0 Å². The highest BCUT2D eigenvalue weighted by molar-refractivity contribution is 7.89. The van der Waals surface area contributed by atoms with Crippen LogP contribution in [0, 0.1) is 0 Å². The van der Waals surface area contributed by atoms with E-state index in [1.807, 2.05) is 24.3 Å². The van der Waals surface area contributed by atoms with Crippen molar-refractivity contribution < 1.29 is 26.7 Å². The van der Waals surface area contributed by atoms with Gasteiger partial charge in [-0.25, -0.2) is 8.42 Å². The number of hydrogen-bond acceptors (Lipinski definition) is 4. The number of sulfonamides is 1. The van der Waals surface area contributed by atoms with Gasteiger partial charge < -0.3 is 10.1 Å². The second-order valence-corrected chi connectivity index (χ2v) is 8.54. The minimum atomic E-state index is -3.60. The van der Waals surface area contributed by atoms with Gasteiger partial charge in [-0.15, -0.1) is 0 Å². The maximum absolute atomic E-state index is 12.8. The van der Waals surface area contributed by atoms with E-state index in [1.54, 1.807) is 0 Å². The number of carbonyl (C=O) groups excluding carboxylic acids is 1. The van der Waals surface area contributed by atoms with Crippen LogP contribution in [-0.2, 0) is 27.8 Å². The molecule has 0 saturated carbocycles. The molecule has 9 heteroatoms. The van der Waals surface area contributed by atoms with E-state index >= 15 is 0 Å². The molecule has 0 unspecified atom stereocenters. The largest absolute Gasteiger partial charge is 0.435 e. The second-order valence-electron chi connectivity index (χ2n) is 6.33. The summed E-state index contributed by atoms with van der Waals surface area (Å²) in [5.74, 6) is -0.623. The van der Waals surface area contributed by atoms with Crippen LogP contribution in [0.5, 0.6) is 5.75 Å². The number of anilines is 1. The molecule has 1 aliphatic rings. The van der Waals surface area contributed by atoms with E-state index < -0.39 is 28.6 Å². The Morgan fingerprint density at radius 1 is 1.18 bits per heavy atom. The highest BCUT2D eigenvalue weighted by Gasteiger charge is 2.37. The first-order chi connectivity index (χ1) is 13.3. The number of ether oxygens (including phenoxy) is 1. The summed E-state index contributed by atoms with van der Waals surface area (Å²) in [5, 5.41) is 2.66. The van der Waals surface area contributed by atoms with Gasteiger partial charge in [0.05, 0.1) is 5.75 Å². The lowest BCUT2D eigenvalue weighted by atomic mass is 9.95. The smallest absolute Gasteiger partial charge is 0.387 e. The van der Waals surface area contributed by atoms with Gasteiger partial charge in [-0.05, 0) is 48.7 Å². The average Bonchev–Trinajstić information content (AvgIpc) is 2.68. The monoisotopic (exact) mass is 410 g/mol. The van der Waals surface area contributed by atoms with Gasteiger partial charge in [-0.3, -0.25) is 4.79 Å². The van der Waals surface area contributed by atoms with Crippen LogP contribution in [-0.4, -0.2) is 37.0 Å². The molecule has 0 aliphatic carbocycles. The van der Waals surface area contributed by atoms with Crippen LogP contribution in [0.1, 0.15) is 18.1 Å². The number of nitrogens with one attached hydrogen (secondary N) is 1. The molecule has 1 heterocycles. The average molecular weight is 410 g/mol. The molecule has 2 aromatic rings. The summed E-state index contributed by atoms with van der Waals surface area (Å²) >= 11 is 0. The van der Waals surface area contributed by atoms with Crippen LogP contribution in [0.15, 0.2) is 48.5 Å². The van der Waals surface area contributed by atoms with Gasteiger partial charge >= 0.3 is 6.61 Å². The van der Waals surface area contributed by atoms with Crippen LogP contribution in [0.3, 0.4) is 0 Å². The molecule has 0 aromatic heterocycles. The summed E-state index contributed by atoms with van der Waals surface area (Å²) in [4.78, 5) is 12.8. The number of amides is 1.